The van der Waals surface area contributed by atoms with Crippen molar-refractivity contribution in [1.29, 1.82) is 0 Å². The van der Waals surface area contributed by atoms with Gasteiger partial charge in [0.05, 0.1) is 11.7 Å². The summed E-state index contributed by atoms with van der Waals surface area (Å²) in [6.07, 6.45) is 5.74. The van der Waals surface area contributed by atoms with Gasteiger partial charge in [0.1, 0.15) is 0 Å². The van der Waals surface area contributed by atoms with Gasteiger partial charge in [0.25, 0.3) is 5.56 Å². The number of H-pyrrole nitrogens is 1. The van der Waals surface area contributed by atoms with Crippen molar-refractivity contribution < 1.29 is 0 Å². The molecular weight excluding hydrogens is 362 g/mol. The molecule has 6 heteroatoms. The van der Waals surface area contributed by atoms with Crippen LogP contribution in [0, 0.1) is 0 Å². The number of anilines is 1. The first-order chi connectivity index (χ1) is 14.2. The summed E-state index contributed by atoms with van der Waals surface area (Å²) in [7, 11) is 0. The predicted molar refractivity (Wildman–Crippen MR) is 115 cm³/mol. The van der Waals surface area contributed by atoms with E-state index in [1.165, 1.54) is 5.56 Å². The van der Waals surface area contributed by atoms with Gasteiger partial charge in [-0.2, -0.15) is 0 Å². The van der Waals surface area contributed by atoms with E-state index < -0.39 is 0 Å². The van der Waals surface area contributed by atoms with E-state index in [1.807, 2.05) is 30.5 Å². The highest BCUT2D eigenvalue weighted by Gasteiger charge is 2.22. The van der Waals surface area contributed by atoms with Crippen LogP contribution in [0.25, 0.3) is 0 Å². The van der Waals surface area contributed by atoms with Crippen molar-refractivity contribution in [2.45, 2.75) is 38.3 Å². The fraction of sp³-hybridized carbons (Fsp3) is 0.348. The number of benzene rings is 1. The van der Waals surface area contributed by atoms with Crippen molar-refractivity contribution in [3.63, 3.8) is 0 Å². The second kappa shape index (κ2) is 9.01. The summed E-state index contributed by atoms with van der Waals surface area (Å²) in [5.74, 6) is 0.858. The zero-order valence-electron chi connectivity index (χ0n) is 16.7. The lowest BCUT2D eigenvalue weighted by molar-refractivity contribution is 0.203. The molecule has 3 aromatic rings. The fourth-order valence-corrected chi connectivity index (χ4v) is 3.92. The van der Waals surface area contributed by atoms with Gasteiger partial charge in [-0.3, -0.25) is 19.7 Å². The number of aromatic nitrogens is 3. The molecule has 2 N–H and O–H groups in total. The molecule has 1 aliphatic rings. The molecule has 0 spiro atoms. The second-order valence-corrected chi connectivity index (χ2v) is 7.71. The van der Waals surface area contributed by atoms with Crippen molar-refractivity contribution in [1.82, 2.24) is 19.9 Å². The lowest BCUT2D eigenvalue weighted by atomic mass is 9.93. The van der Waals surface area contributed by atoms with Crippen molar-refractivity contribution in [3.8, 4) is 0 Å². The van der Waals surface area contributed by atoms with E-state index in [4.69, 9.17) is 4.98 Å². The van der Waals surface area contributed by atoms with E-state index in [-0.39, 0.29) is 11.6 Å². The molecule has 4 rings (SSSR count). The van der Waals surface area contributed by atoms with Gasteiger partial charge in [-0.05, 0) is 50.0 Å². The molecule has 1 aromatic carbocycles. The van der Waals surface area contributed by atoms with E-state index in [1.54, 1.807) is 12.3 Å². The van der Waals surface area contributed by atoms with Crippen LogP contribution >= 0.6 is 0 Å². The summed E-state index contributed by atoms with van der Waals surface area (Å²) < 4.78 is 0. The standard InChI is InChI=1S/C23H27N5O/c1-17(19-7-3-2-4-8-19)25-23-26-21(14-22(29)27-23)20-9-12-28(13-10-20)16-18-6-5-11-24-15-18/h2-8,11,14-15,17,20H,9-10,12-13,16H2,1H3,(H2,25,26,27,29). The number of nitrogens with one attached hydrogen (secondary N) is 2. The van der Waals surface area contributed by atoms with Crippen molar-refractivity contribution >= 4 is 5.95 Å². The maximum absolute atomic E-state index is 12.2. The summed E-state index contributed by atoms with van der Waals surface area (Å²) in [6, 6.07) is 16.0. The molecule has 0 saturated carbocycles. The SMILES string of the molecule is CC(Nc1nc(C2CCN(Cc3cccnc3)CC2)cc(=O)[nH]1)c1ccccc1. The van der Waals surface area contributed by atoms with Gasteiger partial charge in [0, 0.05) is 30.9 Å². The molecule has 1 saturated heterocycles. The third kappa shape index (κ3) is 5.09. The summed E-state index contributed by atoms with van der Waals surface area (Å²) in [4.78, 5) is 26.4. The third-order valence-corrected chi connectivity index (χ3v) is 5.55. The molecule has 1 fully saturated rings. The molecule has 29 heavy (non-hydrogen) atoms. The molecule has 1 unspecified atom stereocenters. The highest BCUT2D eigenvalue weighted by Crippen LogP contribution is 2.27. The van der Waals surface area contributed by atoms with E-state index in [2.05, 4.69) is 45.3 Å². The summed E-state index contributed by atoms with van der Waals surface area (Å²) in [5, 5.41) is 3.34. The average Bonchev–Trinajstić information content (AvgIpc) is 2.75. The van der Waals surface area contributed by atoms with Crippen LogP contribution < -0.4 is 10.9 Å². The summed E-state index contributed by atoms with van der Waals surface area (Å²) >= 11 is 0. The minimum Gasteiger partial charge on any atom is -0.349 e. The first-order valence-corrected chi connectivity index (χ1v) is 10.2. The fourth-order valence-electron chi connectivity index (χ4n) is 3.92. The predicted octanol–water partition coefficient (Wildman–Crippen LogP) is 3.72. The zero-order chi connectivity index (χ0) is 20.1. The highest BCUT2D eigenvalue weighted by molar-refractivity contribution is 5.32. The maximum atomic E-state index is 12.2. The van der Waals surface area contributed by atoms with Crippen LogP contribution in [0.1, 0.15) is 48.5 Å². The molecule has 1 atom stereocenters. The number of pyridine rings is 1. The highest BCUT2D eigenvalue weighted by atomic mass is 16.1. The Morgan fingerprint density at radius 2 is 1.97 bits per heavy atom. The first-order valence-electron chi connectivity index (χ1n) is 10.2. The quantitative estimate of drug-likeness (QED) is 0.672. The smallest absolute Gasteiger partial charge is 0.252 e. The van der Waals surface area contributed by atoms with Gasteiger partial charge in [-0.25, -0.2) is 4.98 Å². The molecule has 1 aliphatic heterocycles. The Balaban J connectivity index is 1.40. The lowest BCUT2D eigenvalue weighted by Gasteiger charge is -2.31. The van der Waals surface area contributed by atoms with Gasteiger partial charge < -0.3 is 5.32 Å². The van der Waals surface area contributed by atoms with Crippen LogP contribution in [0.5, 0.6) is 0 Å². The molecule has 0 bridgehead atoms. The zero-order valence-corrected chi connectivity index (χ0v) is 16.7. The average molecular weight is 390 g/mol. The molecule has 0 aliphatic carbocycles. The van der Waals surface area contributed by atoms with Crippen LogP contribution in [-0.4, -0.2) is 32.9 Å². The minimum absolute atomic E-state index is 0.0657. The Kier molecular flexibility index (Phi) is 6.00. The summed E-state index contributed by atoms with van der Waals surface area (Å²) in [5.41, 5.74) is 3.18. The van der Waals surface area contributed by atoms with E-state index >= 15 is 0 Å². The molecule has 150 valence electrons. The lowest BCUT2D eigenvalue weighted by Crippen LogP contribution is -2.33. The van der Waals surface area contributed by atoms with Crippen molar-refractivity contribution in [2.75, 3.05) is 18.4 Å². The Labute approximate surface area is 171 Å². The molecule has 3 heterocycles. The van der Waals surface area contributed by atoms with E-state index in [0.717, 1.165) is 43.7 Å². The number of piperidine rings is 1. The number of hydrogen-bond donors (Lipinski definition) is 2. The van der Waals surface area contributed by atoms with Gasteiger partial charge in [0.2, 0.25) is 5.95 Å². The van der Waals surface area contributed by atoms with Crippen LogP contribution in [0.3, 0.4) is 0 Å². The number of likely N-dealkylation sites (tertiary alicyclic amines) is 1. The molecule has 0 radical (unpaired) electrons. The van der Waals surface area contributed by atoms with E-state index in [0.29, 0.717) is 11.9 Å². The van der Waals surface area contributed by atoms with Crippen LogP contribution in [0.4, 0.5) is 5.95 Å². The molecule has 6 nitrogen and oxygen atoms in total. The van der Waals surface area contributed by atoms with Crippen molar-refractivity contribution in [3.05, 3.63) is 88.1 Å². The van der Waals surface area contributed by atoms with Crippen LogP contribution in [0.15, 0.2) is 65.7 Å². The third-order valence-electron chi connectivity index (χ3n) is 5.55. The first kappa shape index (κ1) is 19.3. The molecule has 2 aromatic heterocycles. The normalized spacial score (nSPS) is 16.4. The van der Waals surface area contributed by atoms with Crippen LogP contribution in [0.2, 0.25) is 0 Å². The van der Waals surface area contributed by atoms with Crippen LogP contribution in [-0.2, 0) is 6.54 Å². The van der Waals surface area contributed by atoms with Gasteiger partial charge in [-0.15, -0.1) is 0 Å². The Hall–Kier alpha value is -2.99. The largest absolute Gasteiger partial charge is 0.349 e. The minimum atomic E-state index is -0.101. The Bertz CT molecular complexity index is 965. The number of aromatic amines is 1. The maximum Gasteiger partial charge on any atom is 0.252 e. The van der Waals surface area contributed by atoms with Gasteiger partial charge in [-0.1, -0.05) is 36.4 Å². The Morgan fingerprint density at radius 1 is 1.17 bits per heavy atom. The molecule has 0 amide bonds. The monoisotopic (exact) mass is 389 g/mol. The topological polar surface area (TPSA) is 73.9 Å². The van der Waals surface area contributed by atoms with Gasteiger partial charge in [0.15, 0.2) is 0 Å². The number of hydrogen-bond acceptors (Lipinski definition) is 5. The van der Waals surface area contributed by atoms with Gasteiger partial charge >= 0.3 is 0 Å². The molecular formula is C23H27N5O. The Morgan fingerprint density at radius 3 is 2.69 bits per heavy atom. The number of nitrogens with zero attached hydrogens (tertiary/aromatic N) is 3. The van der Waals surface area contributed by atoms with Crippen molar-refractivity contribution in [2.24, 2.45) is 0 Å². The second-order valence-electron chi connectivity index (χ2n) is 7.71. The summed E-state index contributed by atoms with van der Waals surface area (Å²) in [6.45, 7) is 4.98. The van der Waals surface area contributed by atoms with E-state index in [9.17, 15) is 4.79 Å². The number of rotatable bonds is 6.